The number of fused-ring (bicyclic) bond motifs is 1. The van der Waals surface area contributed by atoms with E-state index in [1.807, 2.05) is 41.8 Å². The van der Waals surface area contributed by atoms with Crippen molar-refractivity contribution in [3.8, 4) is 0 Å². The number of thiophene rings is 1. The summed E-state index contributed by atoms with van der Waals surface area (Å²) in [7, 11) is 0. The van der Waals surface area contributed by atoms with Crippen LogP contribution in [0.4, 0.5) is 0 Å². The van der Waals surface area contributed by atoms with E-state index in [4.69, 9.17) is 0 Å². The molecule has 0 bridgehead atoms. The molecular weight excluding hydrogens is 342 g/mol. The Morgan fingerprint density at radius 2 is 2.00 bits per heavy atom. The molecular formula is C18H19NO3S2. The lowest BCUT2D eigenvalue weighted by Gasteiger charge is -2.28. The number of nitrogens with zero attached hydrogens (tertiary/aromatic N) is 1. The van der Waals surface area contributed by atoms with Gasteiger partial charge in [-0.3, -0.25) is 9.59 Å². The third-order valence-electron chi connectivity index (χ3n) is 4.05. The summed E-state index contributed by atoms with van der Waals surface area (Å²) < 4.78 is 0. The molecule has 1 aromatic heterocycles. The maximum absolute atomic E-state index is 13.0. The van der Waals surface area contributed by atoms with E-state index in [9.17, 15) is 14.7 Å². The Morgan fingerprint density at radius 3 is 2.75 bits per heavy atom. The van der Waals surface area contributed by atoms with Crippen LogP contribution in [0.1, 0.15) is 21.3 Å². The standard InChI is InChI=1S/C18H19NO3S2/c20-16(21)12-19(9-6-13-4-2-1-3-5-13)18(22)17-14-7-10-23-15(14)8-11-24-17/h1-5,7,10,17H,6,8-9,11-12H2,(H,20,21). The van der Waals surface area contributed by atoms with Gasteiger partial charge in [-0.1, -0.05) is 30.3 Å². The Morgan fingerprint density at radius 1 is 1.21 bits per heavy atom. The molecule has 0 spiro atoms. The molecule has 24 heavy (non-hydrogen) atoms. The first-order valence-corrected chi connectivity index (χ1v) is 9.80. The molecule has 0 radical (unpaired) electrons. The zero-order valence-electron chi connectivity index (χ0n) is 13.2. The SMILES string of the molecule is O=C(O)CN(CCc1ccccc1)C(=O)C1SCCc2sccc21. The van der Waals surface area contributed by atoms with Gasteiger partial charge in [0.15, 0.2) is 0 Å². The molecule has 4 nitrogen and oxygen atoms in total. The summed E-state index contributed by atoms with van der Waals surface area (Å²) in [5, 5.41) is 10.9. The predicted octanol–water partition coefficient (Wildman–Crippen LogP) is 3.23. The Hall–Kier alpha value is -1.79. The molecule has 6 heteroatoms. The van der Waals surface area contributed by atoms with Crippen molar-refractivity contribution in [2.75, 3.05) is 18.8 Å². The molecule has 1 atom stereocenters. The van der Waals surface area contributed by atoms with Crippen LogP contribution in [0.5, 0.6) is 0 Å². The molecule has 2 heterocycles. The summed E-state index contributed by atoms with van der Waals surface area (Å²) in [5.74, 6) is -0.149. The molecule has 0 saturated heterocycles. The second-order valence-electron chi connectivity index (χ2n) is 5.69. The summed E-state index contributed by atoms with van der Waals surface area (Å²) >= 11 is 3.30. The topological polar surface area (TPSA) is 57.6 Å². The van der Waals surface area contributed by atoms with Gasteiger partial charge in [-0.15, -0.1) is 23.1 Å². The highest BCUT2D eigenvalue weighted by molar-refractivity contribution is 8.00. The molecule has 0 fully saturated rings. The lowest BCUT2D eigenvalue weighted by atomic mass is 10.1. The summed E-state index contributed by atoms with van der Waals surface area (Å²) in [6, 6.07) is 11.8. The van der Waals surface area contributed by atoms with Crippen LogP contribution in [0.2, 0.25) is 0 Å². The Labute approximate surface area is 149 Å². The van der Waals surface area contributed by atoms with Crippen LogP contribution in [0.25, 0.3) is 0 Å². The fourth-order valence-corrected chi connectivity index (χ4v) is 5.23. The summed E-state index contributed by atoms with van der Waals surface area (Å²) in [4.78, 5) is 26.9. The number of hydrogen-bond donors (Lipinski definition) is 1. The molecule has 126 valence electrons. The minimum absolute atomic E-state index is 0.0855. The molecule has 1 aliphatic heterocycles. The van der Waals surface area contributed by atoms with Gasteiger partial charge >= 0.3 is 5.97 Å². The van der Waals surface area contributed by atoms with Crippen molar-refractivity contribution in [1.29, 1.82) is 0 Å². The zero-order valence-corrected chi connectivity index (χ0v) is 14.8. The molecule has 1 N–H and O–H groups in total. The zero-order chi connectivity index (χ0) is 16.9. The smallest absolute Gasteiger partial charge is 0.323 e. The minimum Gasteiger partial charge on any atom is -0.480 e. The number of amides is 1. The van der Waals surface area contributed by atoms with Crippen LogP contribution in [0.3, 0.4) is 0 Å². The number of carboxylic acids is 1. The van der Waals surface area contributed by atoms with Gasteiger partial charge < -0.3 is 10.0 Å². The highest BCUT2D eigenvalue weighted by Crippen LogP contribution is 2.40. The average Bonchev–Trinajstić information content (AvgIpc) is 3.07. The van der Waals surface area contributed by atoms with E-state index in [1.54, 1.807) is 23.1 Å². The molecule has 3 rings (SSSR count). The van der Waals surface area contributed by atoms with Crippen LogP contribution in [0, 0.1) is 0 Å². The predicted molar refractivity (Wildman–Crippen MR) is 97.6 cm³/mol. The number of carbonyl (C=O) groups excluding carboxylic acids is 1. The van der Waals surface area contributed by atoms with Crippen molar-refractivity contribution in [2.45, 2.75) is 18.1 Å². The van der Waals surface area contributed by atoms with Crippen molar-refractivity contribution in [1.82, 2.24) is 4.90 Å². The highest BCUT2D eigenvalue weighted by Gasteiger charge is 2.32. The number of aliphatic carboxylic acids is 1. The molecule has 1 amide bonds. The van der Waals surface area contributed by atoms with Gasteiger partial charge in [-0.25, -0.2) is 0 Å². The maximum atomic E-state index is 13.0. The summed E-state index contributed by atoms with van der Waals surface area (Å²) in [5.41, 5.74) is 2.17. The third kappa shape index (κ3) is 3.99. The summed E-state index contributed by atoms with van der Waals surface area (Å²) in [6.45, 7) is 0.174. The first-order chi connectivity index (χ1) is 11.6. The lowest BCUT2D eigenvalue weighted by Crippen LogP contribution is -2.40. The van der Waals surface area contributed by atoms with Crippen LogP contribution in [-0.2, 0) is 22.4 Å². The van der Waals surface area contributed by atoms with Crippen molar-refractivity contribution >= 4 is 35.0 Å². The van der Waals surface area contributed by atoms with Gasteiger partial charge in [0, 0.05) is 11.4 Å². The number of hydrogen-bond acceptors (Lipinski definition) is 4. The van der Waals surface area contributed by atoms with E-state index in [0.29, 0.717) is 13.0 Å². The number of benzene rings is 1. The third-order valence-corrected chi connectivity index (χ3v) is 6.28. The van der Waals surface area contributed by atoms with E-state index in [1.165, 1.54) is 9.78 Å². The monoisotopic (exact) mass is 361 g/mol. The number of carbonyl (C=O) groups is 2. The van der Waals surface area contributed by atoms with Gasteiger partial charge in [-0.05, 0) is 41.2 Å². The van der Waals surface area contributed by atoms with Gasteiger partial charge in [0.25, 0.3) is 0 Å². The first-order valence-electron chi connectivity index (χ1n) is 7.87. The van der Waals surface area contributed by atoms with Crippen LogP contribution in [0.15, 0.2) is 41.8 Å². The number of rotatable bonds is 6. The van der Waals surface area contributed by atoms with E-state index in [2.05, 4.69) is 0 Å². The molecule has 0 aliphatic carbocycles. The van der Waals surface area contributed by atoms with Crippen molar-refractivity contribution in [3.05, 3.63) is 57.8 Å². The van der Waals surface area contributed by atoms with Gasteiger partial charge in [0.1, 0.15) is 11.8 Å². The second kappa shape index (κ2) is 7.85. The summed E-state index contributed by atoms with van der Waals surface area (Å²) in [6.07, 6.45) is 1.65. The van der Waals surface area contributed by atoms with Crippen LogP contribution in [-0.4, -0.2) is 40.7 Å². The molecule has 1 aliphatic rings. The minimum atomic E-state index is -0.970. The maximum Gasteiger partial charge on any atom is 0.323 e. The van der Waals surface area contributed by atoms with Crippen molar-refractivity contribution in [2.24, 2.45) is 0 Å². The highest BCUT2D eigenvalue weighted by atomic mass is 32.2. The fraction of sp³-hybridized carbons (Fsp3) is 0.333. The van der Waals surface area contributed by atoms with E-state index < -0.39 is 5.97 Å². The molecule has 1 aromatic carbocycles. The van der Waals surface area contributed by atoms with Crippen molar-refractivity contribution in [3.63, 3.8) is 0 Å². The quantitative estimate of drug-likeness (QED) is 0.858. The average molecular weight is 361 g/mol. The first kappa shape index (κ1) is 17.0. The molecule has 0 saturated carbocycles. The van der Waals surface area contributed by atoms with E-state index in [0.717, 1.165) is 23.3 Å². The van der Waals surface area contributed by atoms with Crippen LogP contribution < -0.4 is 0 Å². The van der Waals surface area contributed by atoms with Gasteiger partial charge in [0.05, 0.1) is 0 Å². The Kier molecular flexibility index (Phi) is 5.58. The number of carboxylic acid groups (broad SMARTS) is 1. The van der Waals surface area contributed by atoms with Crippen molar-refractivity contribution < 1.29 is 14.7 Å². The van der Waals surface area contributed by atoms with E-state index >= 15 is 0 Å². The van der Waals surface area contributed by atoms with Gasteiger partial charge in [-0.2, -0.15) is 0 Å². The molecule has 2 aromatic rings. The van der Waals surface area contributed by atoms with Crippen LogP contribution >= 0.6 is 23.1 Å². The largest absolute Gasteiger partial charge is 0.480 e. The Bertz CT molecular complexity index is 714. The second-order valence-corrected chi connectivity index (χ2v) is 7.90. The number of aryl methyl sites for hydroxylation is 1. The Balaban J connectivity index is 1.74. The number of thioether (sulfide) groups is 1. The normalized spacial score (nSPS) is 16.4. The fourth-order valence-electron chi connectivity index (χ4n) is 2.86. The van der Waals surface area contributed by atoms with Gasteiger partial charge in [0.2, 0.25) is 5.91 Å². The molecule has 1 unspecified atom stereocenters. The van der Waals surface area contributed by atoms with E-state index in [-0.39, 0.29) is 17.7 Å². The lowest BCUT2D eigenvalue weighted by molar-refractivity contribution is -0.144.